The fourth-order valence-corrected chi connectivity index (χ4v) is 3.53. The summed E-state index contributed by atoms with van der Waals surface area (Å²) in [4.78, 5) is 15.2. The molecule has 1 aliphatic rings. The van der Waals surface area contributed by atoms with Gasteiger partial charge in [-0.3, -0.25) is 14.8 Å². The molecule has 3 rings (SSSR count). The molecule has 1 aromatic heterocycles. The highest BCUT2D eigenvalue weighted by Gasteiger charge is 2.30. The molecule has 0 spiro atoms. The summed E-state index contributed by atoms with van der Waals surface area (Å²) in [6.07, 6.45) is 4.14. The molecule has 1 saturated heterocycles. The number of amides is 1. The van der Waals surface area contributed by atoms with Crippen LogP contribution in [-0.2, 0) is 0 Å². The Labute approximate surface area is 149 Å². The molecule has 2 heterocycles. The van der Waals surface area contributed by atoms with Crippen molar-refractivity contribution in [3.05, 3.63) is 42.1 Å². The van der Waals surface area contributed by atoms with E-state index in [4.69, 9.17) is 0 Å². The van der Waals surface area contributed by atoms with Crippen molar-refractivity contribution < 1.29 is 4.79 Å². The first-order valence-corrected chi connectivity index (χ1v) is 9.09. The number of likely N-dealkylation sites (tertiary alicyclic amines) is 1. The molecule has 0 radical (unpaired) electrons. The number of carbonyl (C=O) groups is 1. The number of hydrogen-bond acceptors (Lipinski definition) is 3. The van der Waals surface area contributed by atoms with Crippen LogP contribution >= 0.6 is 0 Å². The molecule has 1 aliphatic heterocycles. The van der Waals surface area contributed by atoms with Crippen molar-refractivity contribution in [3.63, 3.8) is 0 Å². The van der Waals surface area contributed by atoms with Gasteiger partial charge in [0.05, 0.1) is 17.5 Å². The molecule has 0 bridgehead atoms. The van der Waals surface area contributed by atoms with Crippen molar-refractivity contribution in [1.82, 2.24) is 20.4 Å². The number of carbonyl (C=O) groups excluding carboxylic acids is 1. The van der Waals surface area contributed by atoms with E-state index < -0.39 is 0 Å². The van der Waals surface area contributed by atoms with Crippen LogP contribution in [0.5, 0.6) is 0 Å². The van der Waals surface area contributed by atoms with Crippen molar-refractivity contribution in [2.75, 3.05) is 19.6 Å². The van der Waals surface area contributed by atoms with Crippen molar-refractivity contribution in [2.24, 2.45) is 5.92 Å². The summed E-state index contributed by atoms with van der Waals surface area (Å²) >= 11 is 0. The fraction of sp³-hybridized carbons (Fsp3) is 0.500. The van der Waals surface area contributed by atoms with E-state index in [0.717, 1.165) is 30.3 Å². The summed E-state index contributed by atoms with van der Waals surface area (Å²) in [6, 6.07) is 9.82. The molecule has 5 nitrogen and oxygen atoms in total. The zero-order valence-electron chi connectivity index (χ0n) is 15.4. The second-order valence-corrected chi connectivity index (χ2v) is 7.71. The highest BCUT2D eigenvalue weighted by molar-refractivity contribution is 5.99. The largest absolute Gasteiger partial charge is 0.350 e. The number of nitrogens with one attached hydrogen (secondary N) is 2. The molecule has 1 fully saturated rings. The molecule has 1 amide bonds. The van der Waals surface area contributed by atoms with E-state index in [1.165, 1.54) is 12.8 Å². The second kappa shape index (κ2) is 7.40. The van der Waals surface area contributed by atoms with Gasteiger partial charge in [0.15, 0.2) is 0 Å². The van der Waals surface area contributed by atoms with Gasteiger partial charge in [0.2, 0.25) is 0 Å². The Kier molecular flexibility index (Phi) is 5.23. The Morgan fingerprint density at radius 3 is 2.84 bits per heavy atom. The minimum absolute atomic E-state index is 0.0546. The van der Waals surface area contributed by atoms with Crippen LogP contribution < -0.4 is 5.32 Å². The molecule has 1 unspecified atom stereocenters. The Morgan fingerprint density at radius 1 is 1.36 bits per heavy atom. The monoisotopic (exact) mass is 340 g/mol. The third kappa shape index (κ3) is 4.10. The van der Waals surface area contributed by atoms with E-state index in [2.05, 4.69) is 41.2 Å². The number of aromatic amines is 1. The van der Waals surface area contributed by atoms with Crippen molar-refractivity contribution in [3.8, 4) is 11.3 Å². The van der Waals surface area contributed by atoms with Crippen molar-refractivity contribution >= 4 is 5.91 Å². The summed E-state index contributed by atoms with van der Waals surface area (Å²) in [6.45, 7) is 9.55. The lowest BCUT2D eigenvalue weighted by Gasteiger charge is -2.43. The second-order valence-electron chi connectivity index (χ2n) is 7.71. The lowest BCUT2D eigenvalue weighted by Crippen LogP contribution is -2.54. The average molecular weight is 340 g/mol. The van der Waals surface area contributed by atoms with Crippen LogP contribution in [0.25, 0.3) is 11.3 Å². The third-order valence-electron chi connectivity index (χ3n) is 5.14. The Morgan fingerprint density at radius 2 is 2.12 bits per heavy atom. The molecule has 0 saturated carbocycles. The standard InChI is InChI=1S/C20H28N4O/c1-15-8-7-11-24(13-15)20(2,3)14-21-19(25)17-12-22-23-18(17)16-9-5-4-6-10-16/h4-6,9-10,12,15H,7-8,11,13-14H2,1-3H3,(H,21,25)(H,22,23). The number of aromatic nitrogens is 2. The zero-order valence-corrected chi connectivity index (χ0v) is 15.4. The van der Waals surface area contributed by atoms with Gasteiger partial charge in [-0.25, -0.2) is 0 Å². The number of H-pyrrole nitrogens is 1. The molecule has 134 valence electrons. The highest BCUT2D eigenvalue weighted by atomic mass is 16.1. The number of rotatable bonds is 5. The number of hydrogen-bond donors (Lipinski definition) is 2. The zero-order chi connectivity index (χ0) is 17.9. The van der Waals surface area contributed by atoms with Gasteiger partial charge in [0.1, 0.15) is 0 Å². The maximum absolute atomic E-state index is 12.7. The predicted octanol–water partition coefficient (Wildman–Crippen LogP) is 3.32. The molecule has 2 aromatic rings. The van der Waals surface area contributed by atoms with Crippen LogP contribution in [0.4, 0.5) is 0 Å². The van der Waals surface area contributed by atoms with Crippen LogP contribution in [0.3, 0.4) is 0 Å². The minimum atomic E-state index is -0.0780. The van der Waals surface area contributed by atoms with Gasteiger partial charge in [-0.15, -0.1) is 0 Å². The number of piperidine rings is 1. The van der Waals surface area contributed by atoms with Crippen LogP contribution in [0.2, 0.25) is 0 Å². The van der Waals surface area contributed by atoms with Crippen molar-refractivity contribution in [2.45, 2.75) is 39.2 Å². The first-order chi connectivity index (χ1) is 12.0. The summed E-state index contributed by atoms with van der Waals surface area (Å²) < 4.78 is 0. The van der Waals surface area contributed by atoms with Gasteiger partial charge < -0.3 is 5.32 Å². The van der Waals surface area contributed by atoms with E-state index in [9.17, 15) is 4.79 Å². The van der Waals surface area contributed by atoms with E-state index in [1.54, 1.807) is 6.20 Å². The molecule has 25 heavy (non-hydrogen) atoms. The predicted molar refractivity (Wildman–Crippen MR) is 100 cm³/mol. The van der Waals surface area contributed by atoms with Gasteiger partial charge in [0, 0.05) is 24.2 Å². The normalized spacial score (nSPS) is 18.9. The Balaban J connectivity index is 1.66. The number of benzene rings is 1. The molecular weight excluding hydrogens is 312 g/mol. The first-order valence-electron chi connectivity index (χ1n) is 9.09. The lowest BCUT2D eigenvalue weighted by atomic mass is 9.93. The summed E-state index contributed by atoms with van der Waals surface area (Å²) in [5.41, 5.74) is 2.27. The Hall–Kier alpha value is -2.14. The van der Waals surface area contributed by atoms with E-state index in [-0.39, 0.29) is 11.4 Å². The number of nitrogens with zero attached hydrogens (tertiary/aromatic N) is 2. The highest BCUT2D eigenvalue weighted by Crippen LogP contribution is 2.24. The lowest BCUT2D eigenvalue weighted by molar-refractivity contribution is 0.0657. The van der Waals surface area contributed by atoms with Gasteiger partial charge in [-0.2, -0.15) is 5.10 Å². The molecule has 1 atom stereocenters. The van der Waals surface area contributed by atoms with Gasteiger partial charge in [-0.05, 0) is 39.2 Å². The van der Waals surface area contributed by atoms with Crippen molar-refractivity contribution in [1.29, 1.82) is 0 Å². The smallest absolute Gasteiger partial charge is 0.255 e. The van der Waals surface area contributed by atoms with Crippen LogP contribution in [-0.4, -0.2) is 46.2 Å². The first kappa shape index (κ1) is 17.7. The topological polar surface area (TPSA) is 61.0 Å². The van der Waals surface area contributed by atoms with Crippen LogP contribution in [0.15, 0.2) is 36.5 Å². The maximum Gasteiger partial charge on any atom is 0.255 e. The van der Waals surface area contributed by atoms with E-state index in [1.807, 2.05) is 30.3 Å². The summed E-state index contributed by atoms with van der Waals surface area (Å²) in [5, 5.41) is 10.1. The summed E-state index contributed by atoms with van der Waals surface area (Å²) in [7, 11) is 0. The molecule has 1 aromatic carbocycles. The maximum atomic E-state index is 12.7. The van der Waals surface area contributed by atoms with Gasteiger partial charge in [0.25, 0.3) is 5.91 Å². The molecule has 0 aliphatic carbocycles. The Bertz CT molecular complexity index is 707. The van der Waals surface area contributed by atoms with Gasteiger partial charge >= 0.3 is 0 Å². The fourth-order valence-electron chi connectivity index (χ4n) is 3.53. The molecule has 5 heteroatoms. The van der Waals surface area contributed by atoms with E-state index in [0.29, 0.717) is 12.1 Å². The summed E-state index contributed by atoms with van der Waals surface area (Å²) in [5.74, 6) is 0.646. The third-order valence-corrected chi connectivity index (χ3v) is 5.14. The van der Waals surface area contributed by atoms with Gasteiger partial charge in [-0.1, -0.05) is 37.3 Å². The SMILES string of the molecule is CC1CCCN(C(C)(C)CNC(=O)c2cn[nH]c2-c2ccccc2)C1. The molecular formula is C20H28N4O. The van der Waals surface area contributed by atoms with E-state index >= 15 is 0 Å². The average Bonchev–Trinajstić information content (AvgIpc) is 3.10. The quantitative estimate of drug-likeness (QED) is 0.878. The molecule has 2 N–H and O–H groups in total. The van der Waals surface area contributed by atoms with Crippen LogP contribution in [0, 0.1) is 5.92 Å². The minimum Gasteiger partial charge on any atom is -0.350 e. The van der Waals surface area contributed by atoms with Crippen LogP contribution in [0.1, 0.15) is 44.0 Å².